The van der Waals surface area contributed by atoms with E-state index in [0.29, 0.717) is 6.54 Å². The highest BCUT2D eigenvalue weighted by Crippen LogP contribution is 2.33. The van der Waals surface area contributed by atoms with Crippen molar-refractivity contribution in [3.63, 3.8) is 0 Å². The quantitative estimate of drug-likeness (QED) is 0.446. The number of carbonyl (C=O) groups is 1. The minimum Gasteiger partial charge on any atom is -0.493 e. The lowest BCUT2D eigenvalue weighted by Gasteiger charge is -2.22. The molecule has 0 heterocycles. The van der Waals surface area contributed by atoms with Gasteiger partial charge in [0.25, 0.3) is 5.69 Å². The molecule has 166 valence electrons. The van der Waals surface area contributed by atoms with Crippen LogP contribution < -0.4 is 14.8 Å². The van der Waals surface area contributed by atoms with Crippen molar-refractivity contribution in [3.8, 4) is 11.5 Å². The topological polar surface area (TPSA) is 93.9 Å². The lowest BCUT2D eigenvalue weighted by molar-refractivity contribution is -0.384. The van der Waals surface area contributed by atoms with Crippen LogP contribution in [-0.2, 0) is 11.3 Å². The van der Waals surface area contributed by atoms with Gasteiger partial charge in [-0.1, -0.05) is 12.1 Å². The van der Waals surface area contributed by atoms with Crippen LogP contribution in [-0.4, -0.2) is 42.0 Å². The second kappa shape index (κ2) is 9.69. The molecule has 1 fully saturated rings. The van der Waals surface area contributed by atoms with Crippen molar-refractivity contribution in [2.24, 2.45) is 0 Å². The monoisotopic (exact) mass is 435 g/mol. The summed E-state index contributed by atoms with van der Waals surface area (Å²) in [6.07, 6.45) is 1.86. The second-order valence-corrected chi connectivity index (χ2v) is 7.33. The van der Waals surface area contributed by atoms with Crippen LogP contribution in [0.25, 0.3) is 0 Å². The van der Waals surface area contributed by atoms with Gasteiger partial charge in [-0.15, -0.1) is 0 Å². The number of carbonyl (C=O) groups excluding carboxylic acids is 1. The molecule has 8 nitrogen and oxygen atoms in total. The van der Waals surface area contributed by atoms with E-state index in [1.165, 1.54) is 25.3 Å². The number of nitrogens with one attached hydrogen (secondary N) is 1. The first-order valence-electron chi connectivity index (χ1n) is 9.67. The molecule has 1 amide bonds. The molecule has 10 heteroatoms. The third-order valence-electron chi connectivity index (χ3n) is 4.86. The Morgan fingerprint density at radius 2 is 2.00 bits per heavy atom. The van der Waals surface area contributed by atoms with Crippen LogP contribution in [0.4, 0.5) is 20.2 Å². The predicted octanol–water partition coefficient (Wildman–Crippen LogP) is 4.12. The number of amides is 1. The molecule has 0 radical (unpaired) electrons. The number of aryl methyl sites for hydroxylation is 1. The van der Waals surface area contributed by atoms with Gasteiger partial charge in [0.1, 0.15) is 5.69 Å². The highest BCUT2D eigenvalue weighted by Gasteiger charge is 2.31. The van der Waals surface area contributed by atoms with Gasteiger partial charge in [-0.3, -0.25) is 19.8 Å². The number of nitrogens with zero attached hydrogens (tertiary/aromatic N) is 2. The Bertz CT molecular complexity index is 966. The SMILES string of the molecule is COc1cc(CN(CC(=O)Nc2ccc(C)cc2[N+](=O)[O-])C2CC2)ccc1OC(F)F. The number of ether oxygens (including phenoxy) is 2. The maximum absolute atomic E-state index is 12.6. The Labute approximate surface area is 177 Å². The minimum atomic E-state index is -2.96. The molecule has 0 bridgehead atoms. The second-order valence-electron chi connectivity index (χ2n) is 7.33. The Hall–Kier alpha value is -3.27. The molecule has 1 N–H and O–H groups in total. The number of rotatable bonds is 10. The molecule has 2 aromatic rings. The van der Waals surface area contributed by atoms with E-state index in [4.69, 9.17) is 4.74 Å². The maximum atomic E-state index is 12.6. The molecule has 1 aliphatic carbocycles. The van der Waals surface area contributed by atoms with Crippen molar-refractivity contribution < 1.29 is 28.0 Å². The van der Waals surface area contributed by atoms with Gasteiger partial charge < -0.3 is 14.8 Å². The van der Waals surface area contributed by atoms with Crippen molar-refractivity contribution >= 4 is 17.3 Å². The normalized spacial score (nSPS) is 13.4. The van der Waals surface area contributed by atoms with Crippen LogP contribution in [0.15, 0.2) is 36.4 Å². The largest absolute Gasteiger partial charge is 0.493 e. The van der Waals surface area contributed by atoms with Gasteiger partial charge in [-0.2, -0.15) is 8.78 Å². The Balaban J connectivity index is 1.70. The summed E-state index contributed by atoms with van der Waals surface area (Å²) in [6, 6.07) is 9.45. The van der Waals surface area contributed by atoms with Crippen LogP contribution in [0.5, 0.6) is 11.5 Å². The highest BCUT2D eigenvalue weighted by molar-refractivity contribution is 5.94. The fourth-order valence-corrected chi connectivity index (χ4v) is 3.26. The van der Waals surface area contributed by atoms with Gasteiger partial charge in [0.15, 0.2) is 11.5 Å². The van der Waals surface area contributed by atoms with Crippen molar-refractivity contribution in [2.45, 2.75) is 39.0 Å². The molecule has 0 atom stereocenters. The number of nitro groups is 1. The van der Waals surface area contributed by atoms with Gasteiger partial charge >= 0.3 is 6.61 Å². The zero-order valence-electron chi connectivity index (χ0n) is 17.1. The van der Waals surface area contributed by atoms with Gasteiger partial charge in [-0.05, 0) is 49.1 Å². The van der Waals surface area contributed by atoms with Gasteiger partial charge in [0, 0.05) is 18.7 Å². The number of hydrogen-bond acceptors (Lipinski definition) is 6. The molecular weight excluding hydrogens is 412 g/mol. The fraction of sp³-hybridized carbons (Fsp3) is 0.381. The van der Waals surface area contributed by atoms with E-state index in [9.17, 15) is 23.7 Å². The Morgan fingerprint density at radius 3 is 2.61 bits per heavy atom. The summed E-state index contributed by atoms with van der Waals surface area (Å²) >= 11 is 0. The molecule has 3 rings (SSSR count). The number of anilines is 1. The standard InChI is InChI=1S/C21H23F2N3O5/c1-13-3-7-16(17(9-13)26(28)29)24-20(27)12-25(15-5-6-15)11-14-4-8-18(31-21(22)23)19(10-14)30-2/h3-4,7-10,15,21H,5-6,11-12H2,1-2H3,(H,24,27). The lowest BCUT2D eigenvalue weighted by atomic mass is 10.1. The summed E-state index contributed by atoms with van der Waals surface area (Å²) in [7, 11) is 1.36. The molecule has 0 unspecified atom stereocenters. The number of halogens is 2. The van der Waals surface area contributed by atoms with Crippen LogP contribution in [0.2, 0.25) is 0 Å². The number of methoxy groups -OCH3 is 1. The van der Waals surface area contributed by atoms with E-state index in [1.54, 1.807) is 25.1 Å². The predicted molar refractivity (Wildman–Crippen MR) is 110 cm³/mol. The smallest absolute Gasteiger partial charge is 0.387 e. The van der Waals surface area contributed by atoms with Crippen LogP contribution >= 0.6 is 0 Å². The lowest BCUT2D eigenvalue weighted by Crippen LogP contribution is -2.34. The summed E-state index contributed by atoms with van der Waals surface area (Å²) in [6.45, 7) is -0.802. The molecule has 1 aliphatic rings. The average molecular weight is 435 g/mol. The summed E-state index contributed by atoms with van der Waals surface area (Å²) in [4.78, 5) is 25.3. The third-order valence-corrected chi connectivity index (χ3v) is 4.86. The third kappa shape index (κ3) is 6.11. The molecule has 1 saturated carbocycles. The molecule has 31 heavy (non-hydrogen) atoms. The summed E-state index contributed by atoms with van der Waals surface area (Å²) in [5, 5.41) is 13.9. The first-order chi connectivity index (χ1) is 14.8. The summed E-state index contributed by atoms with van der Waals surface area (Å²) < 4.78 is 34.6. The van der Waals surface area contributed by atoms with E-state index in [1.807, 2.05) is 4.90 Å². The first-order valence-corrected chi connectivity index (χ1v) is 9.67. The van der Waals surface area contributed by atoms with Gasteiger partial charge in [0.05, 0.1) is 18.6 Å². The number of hydrogen-bond donors (Lipinski definition) is 1. The van der Waals surface area contributed by atoms with E-state index in [0.717, 1.165) is 24.0 Å². The van der Waals surface area contributed by atoms with E-state index >= 15 is 0 Å². The summed E-state index contributed by atoms with van der Waals surface area (Å²) in [5.41, 5.74) is 1.47. The van der Waals surface area contributed by atoms with E-state index in [2.05, 4.69) is 10.1 Å². The van der Waals surface area contributed by atoms with Crippen LogP contribution in [0.3, 0.4) is 0 Å². The average Bonchev–Trinajstić information content (AvgIpc) is 3.54. The van der Waals surface area contributed by atoms with Crippen molar-refractivity contribution in [1.29, 1.82) is 0 Å². The molecule has 0 aromatic heterocycles. The van der Waals surface area contributed by atoms with Crippen molar-refractivity contribution in [2.75, 3.05) is 19.0 Å². The van der Waals surface area contributed by atoms with Gasteiger partial charge in [0.2, 0.25) is 5.91 Å². The number of nitro benzene ring substituents is 1. The van der Waals surface area contributed by atoms with Crippen LogP contribution in [0, 0.1) is 17.0 Å². The number of benzene rings is 2. The molecule has 2 aromatic carbocycles. The zero-order chi connectivity index (χ0) is 22.5. The van der Waals surface area contributed by atoms with Crippen LogP contribution in [0.1, 0.15) is 24.0 Å². The maximum Gasteiger partial charge on any atom is 0.387 e. The van der Waals surface area contributed by atoms with Crippen molar-refractivity contribution in [3.05, 3.63) is 57.6 Å². The minimum absolute atomic E-state index is 0.0350. The molecule has 0 aliphatic heterocycles. The molecule has 0 spiro atoms. The van der Waals surface area contributed by atoms with E-state index < -0.39 is 11.5 Å². The fourth-order valence-electron chi connectivity index (χ4n) is 3.26. The first kappa shape index (κ1) is 22.4. The molecule has 0 saturated heterocycles. The highest BCUT2D eigenvalue weighted by atomic mass is 19.3. The molecular formula is C21H23F2N3O5. The summed E-state index contributed by atoms with van der Waals surface area (Å²) in [5.74, 6) is -0.264. The Morgan fingerprint density at radius 1 is 1.26 bits per heavy atom. The van der Waals surface area contributed by atoms with E-state index in [-0.39, 0.29) is 41.4 Å². The zero-order valence-corrected chi connectivity index (χ0v) is 17.1. The Kier molecular flexibility index (Phi) is 7.01. The number of alkyl halides is 2. The van der Waals surface area contributed by atoms with Gasteiger partial charge in [-0.25, -0.2) is 0 Å². The van der Waals surface area contributed by atoms with Crippen molar-refractivity contribution in [1.82, 2.24) is 4.90 Å².